The van der Waals surface area contributed by atoms with Gasteiger partial charge in [-0.05, 0) is 11.6 Å². The maximum absolute atomic E-state index is 12.6. The Labute approximate surface area is 118 Å². The van der Waals surface area contributed by atoms with Crippen LogP contribution in [0.4, 0.5) is 4.39 Å². The van der Waals surface area contributed by atoms with Crippen LogP contribution in [0.3, 0.4) is 0 Å². The van der Waals surface area contributed by atoms with Gasteiger partial charge in [-0.3, -0.25) is 0 Å². The van der Waals surface area contributed by atoms with Gasteiger partial charge in [0.1, 0.15) is 19.0 Å². The topological polar surface area (TPSA) is 35.2 Å². The Morgan fingerprint density at radius 1 is 1.00 bits per heavy atom. The fourth-order valence-corrected chi connectivity index (χ4v) is 1.74. The number of ether oxygens (including phenoxy) is 1. The standard InChI is InChI=1S/C15H16FNO.ClH/c16-10-14(17)13-8-4-5-9-15(13)18-11-12-6-2-1-3-7-12;/h1-9,14H,10-11,17H2;1H/t14-;/m0./s1. The fourth-order valence-electron chi connectivity index (χ4n) is 1.74. The number of benzene rings is 2. The van der Waals surface area contributed by atoms with Gasteiger partial charge in [-0.15, -0.1) is 12.4 Å². The van der Waals surface area contributed by atoms with Gasteiger partial charge in [-0.1, -0.05) is 48.5 Å². The average Bonchev–Trinajstić information content (AvgIpc) is 2.45. The molecule has 0 aromatic heterocycles. The Balaban J connectivity index is 0.00000180. The van der Waals surface area contributed by atoms with Gasteiger partial charge < -0.3 is 10.5 Å². The highest BCUT2D eigenvalue weighted by molar-refractivity contribution is 5.85. The highest BCUT2D eigenvalue weighted by Gasteiger charge is 2.11. The third-order valence-electron chi connectivity index (χ3n) is 2.72. The van der Waals surface area contributed by atoms with Crippen molar-refractivity contribution in [3.05, 3.63) is 65.7 Å². The summed E-state index contributed by atoms with van der Waals surface area (Å²) in [6, 6.07) is 16.5. The third-order valence-corrected chi connectivity index (χ3v) is 2.72. The average molecular weight is 282 g/mol. The van der Waals surface area contributed by atoms with E-state index in [1.807, 2.05) is 48.5 Å². The van der Waals surface area contributed by atoms with E-state index in [4.69, 9.17) is 10.5 Å². The smallest absolute Gasteiger partial charge is 0.124 e. The number of alkyl halides is 1. The van der Waals surface area contributed by atoms with Crippen molar-refractivity contribution in [1.82, 2.24) is 0 Å². The first-order valence-corrected chi connectivity index (χ1v) is 5.88. The van der Waals surface area contributed by atoms with Gasteiger partial charge in [-0.25, -0.2) is 4.39 Å². The van der Waals surface area contributed by atoms with Crippen molar-refractivity contribution in [3.63, 3.8) is 0 Å². The quantitative estimate of drug-likeness (QED) is 0.908. The zero-order valence-electron chi connectivity index (χ0n) is 10.5. The van der Waals surface area contributed by atoms with Crippen LogP contribution in [0.1, 0.15) is 17.2 Å². The first-order chi connectivity index (χ1) is 8.81. The maximum Gasteiger partial charge on any atom is 0.124 e. The molecular formula is C15H17ClFNO. The minimum absolute atomic E-state index is 0. The van der Waals surface area contributed by atoms with E-state index in [-0.39, 0.29) is 12.4 Å². The molecule has 0 spiro atoms. The van der Waals surface area contributed by atoms with E-state index in [0.29, 0.717) is 17.9 Å². The van der Waals surface area contributed by atoms with E-state index >= 15 is 0 Å². The number of para-hydroxylation sites is 1. The van der Waals surface area contributed by atoms with Crippen molar-refractivity contribution in [2.75, 3.05) is 6.67 Å². The monoisotopic (exact) mass is 281 g/mol. The summed E-state index contributed by atoms with van der Waals surface area (Å²) >= 11 is 0. The summed E-state index contributed by atoms with van der Waals surface area (Å²) in [5.41, 5.74) is 7.48. The molecular weight excluding hydrogens is 265 g/mol. The zero-order chi connectivity index (χ0) is 12.8. The molecule has 2 aromatic rings. The van der Waals surface area contributed by atoms with E-state index < -0.39 is 12.7 Å². The highest BCUT2D eigenvalue weighted by atomic mass is 35.5. The molecule has 2 rings (SSSR count). The van der Waals surface area contributed by atoms with Gasteiger partial charge in [0.2, 0.25) is 0 Å². The second-order valence-corrected chi connectivity index (χ2v) is 4.07. The second kappa shape index (κ2) is 7.77. The largest absolute Gasteiger partial charge is 0.489 e. The predicted molar refractivity (Wildman–Crippen MR) is 77.4 cm³/mol. The van der Waals surface area contributed by atoms with E-state index in [1.54, 1.807) is 6.07 Å². The maximum atomic E-state index is 12.6. The van der Waals surface area contributed by atoms with Gasteiger partial charge in [0.15, 0.2) is 0 Å². The van der Waals surface area contributed by atoms with Crippen molar-refractivity contribution < 1.29 is 9.13 Å². The van der Waals surface area contributed by atoms with Crippen molar-refractivity contribution in [2.45, 2.75) is 12.6 Å². The van der Waals surface area contributed by atoms with Crippen LogP contribution in [-0.2, 0) is 6.61 Å². The molecule has 0 unspecified atom stereocenters. The van der Waals surface area contributed by atoms with Crippen LogP contribution in [0.15, 0.2) is 54.6 Å². The second-order valence-electron chi connectivity index (χ2n) is 4.07. The molecule has 0 radical (unpaired) electrons. The SMILES string of the molecule is Cl.N[C@@H](CF)c1ccccc1OCc1ccccc1. The first-order valence-electron chi connectivity index (χ1n) is 5.88. The normalized spacial score (nSPS) is 11.5. The highest BCUT2D eigenvalue weighted by Crippen LogP contribution is 2.24. The number of nitrogens with two attached hydrogens (primary N) is 1. The van der Waals surface area contributed by atoms with Gasteiger partial charge in [-0.2, -0.15) is 0 Å². The summed E-state index contributed by atoms with van der Waals surface area (Å²) < 4.78 is 18.3. The first kappa shape index (κ1) is 15.5. The molecule has 102 valence electrons. The molecule has 0 heterocycles. The predicted octanol–water partition coefficient (Wildman–Crippen LogP) is 3.66. The van der Waals surface area contributed by atoms with E-state index in [1.165, 1.54) is 0 Å². The molecule has 2 nitrogen and oxygen atoms in total. The summed E-state index contributed by atoms with van der Waals surface area (Å²) in [4.78, 5) is 0. The lowest BCUT2D eigenvalue weighted by atomic mass is 10.1. The molecule has 0 aliphatic heterocycles. The molecule has 2 N–H and O–H groups in total. The summed E-state index contributed by atoms with van der Waals surface area (Å²) in [6.07, 6.45) is 0. The summed E-state index contributed by atoms with van der Waals surface area (Å²) in [5.74, 6) is 0.645. The lowest BCUT2D eigenvalue weighted by Gasteiger charge is -2.14. The zero-order valence-corrected chi connectivity index (χ0v) is 11.3. The lowest BCUT2D eigenvalue weighted by Crippen LogP contribution is -2.13. The molecule has 1 atom stereocenters. The van der Waals surface area contributed by atoms with Gasteiger partial charge in [0, 0.05) is 5.56 Å². The van der Waals surface area contributed by atoms with Crippen molar-refractivity contribution >= 4 is 12.4 Å². The molecule has 0 saturated heterocycles. The Morgan fingerprint density at radius 3 is 2.32 bits per heavy atom. The van der Waals surface area contributed by atoms with Crippen LogP contribution in [0.2, 0.25) is 0 Å². The van der Waals surface area contributed by atoms with Crippen LogP contribution in [-0.4, -0.2) is 6.67 Å². The van der Waals surface area contributed by atoms with E-state index in [9.17, 15) is 4.39 Å². The fraction of sp³-hybridized carbons (Fsp3) is 0.200. The Hall–Kier alpha value is -1.58. The molecule has 0 amide bonds. The summed E-state index contributed by atoms with van der Waals surface area (Å²) in [5, 5.41) is 0. The van der Waals surface area contributed by atoms with Crippen molar-refractivity contribution in [3.8, 4) is 5.75 Å². The molecule has 2 aromatic carbocycles. The number of halogens is 2. The van der Waals surface area contributed by atoms with Gasteiger partial charge in [0.25, 0.3) is 0 Å². The van der Waals surface area contributed by atoms with Crippen LogP contribution >= 0.6 is 12.4 Å². The molecule has 0 bridgehead atoms. The van der Waals surface area contributed by atoms with Crippen molar-refractivity contribution in [2.24, 2.45) is 5.73 Å². The number of hydrogen-bond donors (Lipinski definition) is 1. The summed E-state index contributed by atoms with van der Waals surface area (Å²) in [7, 11) is 0. The van der Waals surface area contributed by atoms with Crippen LogP contribution in [0.5, 0.6) is 5.75 Å². The van der Waals surface area contributed by atoms with Gasteiger partial charge in [0.05, 0.1) is 6.04 Å². The van der Waals surface area contributed by atoms with Crippen LogP contribution in [0, 0.1) is 0 Å². The van der Waals surface area contributed by atoms with Crippen molar-refractivity contribution in [1.29, 1.82) is 0 Å². The molecule has 0 aliphatic rings. The minimum Gasteiger partial charge on any atom is -0.489 e. The van der Waals surface area contributed by atoms with Gasteiger partial charge >= 0.3 is 0 Å². The Morgan fingerprint density at radius 2 is 1.63 bits per heavy atom. The van der Waals surface area contributed by atoms with E-state index in [2.05, 4.69) is 0 Å². The molecule has 4 heteroatoms. The molecule has 19 heavy (non-hydrogen) atoms. The Bertz CT molecular complexity index is 493. The molecule has 0 fully saturated rings. The third kappa shape index (κ3) is 4.23. The lowest BCUT2D eigenvalue weighted by molar-refractivity contribution is 0.298. The number of hydrogen-bond acceptors (Lipinski definition) is 2. The molecule has 0 saturated carbocycles. The van der Waals surface area contributed by atoms with Crippen LogP contribution < -0.4 is 10.5 Å². The van der Waals surface area contributed by atoms with Crippen LogP contribution in [0.25, 0.3) is 0 Å². The van der Waals surface area contributed by atoms with E-state index in [0.717, 1.165) is 5.56 Å². The molecule has 0 aliphatic carbocycles. The number of rotatable bonds is 5. The Kier molecular flexibility index (Phi) is 6.33. The minimum atomic E-state index is -0.628. The summed E-state index contributed by atoms with van der Waals surface area (Å²) in [6.45, 7) is -0.136.